The Hall–Kier alpha value is -4.11. The van der Waals surface area contributed by atoms with Crippen LogP contribution in [0.25, 0.3) is 32.9 Å². The van der Waals surface area contributed by atoms with Gasteiger partial charge in [0, 0.05) is 68.1 Å². The summed E-state index contributed by atoms with van der Waals surface area (Å²) in [6.45, 7) is 4.78. The summed E-state index contributed by atoms with van der Waals surface area (Å²) in [4.78, 5) is 18.9. The number of halogens is 2. The third-order valence-electron chi connectivity index (χ3n) is 11.5. The van der Waals surface area contributed by atoms with E-state index in [0.29, 0.717) is 72.9 Å². The molecule has 2 aromatic carbocycles. The van der Waals surface area contributed by atoms with Crippen molar-refractivity contribution >= 4 is 27.5 Å². The first-order chi connectivity index (χ1) is 24.4. The van der Waals surface area contributed by atoms with Crippen molar-refractivity contribution in [2.75, 3.05) is 58.1 Å². The number of likely N-dealkylation sites (tertiary alicyclic amines) is 1. The Morgan fingerprint density at radius 1 is 1.08 bits per heavy atom. The SMILES string of the molecule is C#Cc1c(F)ccc2cc(O)cc(-c3ncc4c(N5CCCOCC5)nc(OC[C@]56CCC[C@H]5N(C5CC(COC)C5)CCC6)nc4c3F)c12. The van der Waals surface area contributed by atoms with Gasteiger partial charge in [-0.1, -0.05) is 18.4 Å². The molecule has 0 amide bonds. The molecule has 2 atom stereocenters. The summed E-state index contributed by atoms with van der Waals surface area (Å²) in [5, 5.41) is 11.8. The lowest BCUT2D eigenvalue weighted by molar-refractivity contribution is -0.0622. The topological polar surface area (TPSA) is 93.1 Å². The number of rotatable bonds is 8. The molecule has 2 aliphatic heterocycles. The Balaban J connectivity index is 1.18. The number of benzene rings is 2. The highest BCUT2D eigenvalue weighted by molar-refractivity contribution is 6.03. The summed E-state index contributed by atoms with van der Waals surface area (Å²) in [5.41, 5.74) is 0.0762. The lowest BCUT2D eigenvalue weighted by Crippen LogP contribution is -2.58. The van der Waals surface area contributed by atoms with Gasteiger partial charge in [-0.2, -0.15) is 9.97 Å². The van der Waals surface area contributed by atoms with Gasteiger partial charge in [-0.05, 0) is 81.0 Å². The van der Waals surface area contributed by atoms with Crippen LogP contribution in [-0.2, 0) is 9.47 Å². The second-order valence-corrected chi connectivity index (χ2v) is 14.5. The van der Waals surface area contributed by atoms with E-state index >= 15 is 4.39 Å². The molecule has 0 bridgehead atoms. The fraction of sp³-hybridized carbons (Fsp3) is 0.513. The smallest absolute Gasteiger partial charge is 0.319 e. The van der Waals surface area contributed by atoms with Crippen LogP contribution >= 0.6 is 0 Å². The van der Waals surface area contributed by atoms with Crippen LogP contribution < -0.4 is 9.64 Å². The van der Waals surface area contributed by atoms with Gasteiger partial charge in [0.15, 0.2) is 5.82 Å². The van der Waals surface area contributed by atoms with Crippen LogP contribution in [0.3, 0.4) is 0 Å². The maximum absolute atomic E-state index is 16.9. The molecule has 9 nitrogen and oxygen atoms in total. The molecule has 0 spiro atoms. The highest BCUT2D eigenvalue weighted by atomic mass is 19.1. The Bertz CT molecular complexity index is 1960. The molecule has 4 heterocycles. The van der Waals surface area contributed by atoms with E-state index in [4.69, 9.17) is 30.6 Å². The monoisotopic (exact) mass is 683 g/mol. The van der Waals surface area contributed by atoms with Gasteiger partial charge in [-0.3, -0.25) is 9.88 Å². The van der Waals surface area contributed by atoms with Crippen LogP contribution in [0.5, 0.6) is 11.8 Å². The van der Waals surface area contributed by atoms with E-state index < -0.39 is 11.6 Å². The van der Waals surface area contributed by atoms with Crippen LogP contribution in [0, 0.1) is 35.3 Å². The number of anilines is 1. The predicted octanol–water partition coefficient (Wildman–Crippen LogP) is 6.48. The number of ether oxygens (including phenoxy) is 3. The number of aromatic nitrogens is 3. The Labute approximate surface area is 291 Å². The van der Waals surface area contributed by atoms with Crippen LogP contribution in [0.15, 0.2) is 30.5 Å². The molecular formula is C39H43F2N5O4. The molecule has 50 heavy (non-hydrogen) atoms. The third-order valence-corrected chi connectivity index (χ3v) is 11.5. The zero-order valence-electron chi connectivity index (χ0n) is 28.5. The van der Waals surface area contributed by atoms with Gasteiger partial charge < -0.3 is 24.2 Å². The van der Waals surface area contributed by atoms with Gasteiger partial charge in [0.2, 0.25) is 0 Å². The summed E-state index contributed by atoms with van der Waals surface area (Å²) in [7, 11) is 1.78. The van der Waals surface area contributed by atoms with E-state index in [1.54, 1.807) is 13.3 Å². The van der Waals surface area contributed by atoms with E-state index in [9.17, 15) is 9.50 Å². The molecule has 11 heteroatoms. The summed E-state index contributed by atoms with van der Waals surface area (Å²) in [5.74, 6) is 2.11. The average molecular weight is 684 g/mol. The van der Waals surface area contributed by atoms with Gasteiger partial charge in [-0.15, -0.1) is 6.42 Å². The largest absolute Gasteiger partial charge is 0.508 e. The second-order valence-electron chi connectivity index (χ2n) is 14.5. The van der Waals surface area contributed by atoms with Crippen molar-refractivity contribution in [1.82, 2.24) is 19.9 Å². The first kappa shape index (κ1) is 33.1. The predicted molar refractivity (Wildman–Crippen MR) is 187 cm³/mol. The van der Waals surface area contributed by atoms with E-state index in [-0.39, 0.29) is 39.5 Å². The van der Waals surface area contributed by atoms with E-state index in [1.165, 1.54) is 37.1 Å². The van der Waals surface area contributed by atoms with Gasteiger partial charge in [-0.25, -0.2) is 8.78 Å². The maximum atomic E-state index is 16.9. The normalized spacial score (nSPS) is 25.6. The Morgan fingerprint density at radius 3 is 2.78 bits per heavy atom. The van der Waals surface area contributed by atoms with Gasteiger partial charge >= 0.3 is 6.01 Å². The minimum Gasteiger partial charge on any atom is -0.508 e. The molecule has 2 saturated carbocycles. The molecule has 2 aliphatic carbocycles. The lowest BCUT2D eigenvalue weighted by atomic mass is 9.71. The van der Waals surface area contributed by atoms with Crippen molar-refractivity contribution in [3.63, 3.8) is 0 Å². The molecule has 2 saturated heterocycles. The number of terminal acetylenes is 1. The number of piperidine rings is 1. The molecule has 1 N–H and O–H groups in total. The maximum Gasteiger partial charge on any atom is 0.319 e. The standard InChI is InChI=1S/C39H43F2N5O4/c1-3-28-31(40)9-8-25-19-27(47)20-29(33(25)28)35-34(41)36-30(21-42-35)37(45-12-6-15-49-16-14-45)44-38(43-36)50-23-39-10-4-7-32(39)46(13-5-11-39)26-17-24(18-26)22-48-2/h1,8-9,19-21,24,26,32,47H,4-7,10-18,22-23H2,2H3/t24?,26?,32-,39-/m1/s1. The van der Waals surface area contributed by atoms with Gasteiger partial charge in [0.05, 0.1) is 24.2 Å². The highest BCUT2D eigenvalue weighted by Gasteiger charge is 2.51. The molecule has 0 radical (unpaired) electrons. The number of fused-ring (bicyclic) bond motifs is 3. The third kappa shape index (κ3) is 5.81. The average Bonchev–Trinajstić information content (AvgIpc) is 3.35. The molecule has 262 valence electrons. The van der Waals surface area contributed by atoms with E-state index in [2.05, 4.69) is 20.7 Å². The zero-order valence-corrected chi connectivity index (χ0v) is 28.5. The molecule has 4 aromatic rings. The van der Waals surface area contributed by atoms with Crippen LogP contribution in [0.4, 0.5) is 14.6 Å². The summed E-state index contributed by atoms with van der Waals surface area (Å²) in [6.07, 6.45) is 16.0. The Kier molecular flexibility index (Phi) is 8.96. The van der Waals surface area contributed by atoms with Crippen molar-refractivity contribution in [3.8, 4) is 35.4 Å². The molecule has 2 aromatic heterocycles. The minimum absolute atomic E-state index is 0.0162. The zero-order chi connectivity index (χ0) is 34.4. The van der Waals surface area contributed by atoms with Crippen molar-refractivity contribution in [1.29, 1.82) is 0 Å². The molecule has 8 rings (SSSR count). The van der Waals surface area contributed by atoms with Gasteiger partial charge in [0.25, 0.3) is 0 Å². The van der Waals surface area contributed by atoms with E-state index in [0.717, 1.165) is 51.7 Å². The van der Waals surface area contributed by atoms with Crippen LogP contribution in [0.1, 0.15) is 56.9 Å². The molecular weight excluding hydrogens is 640 g/mol. The van der Waals surface area contributed by atoms with Crippen molar-refractivity contribution in [2.45, 2.75) is 63.5 Å². The number of pyridine rings is 1. The number of hydrogen-bond donors (Lipinski definition) is 1. The van der Waals surface area contributed by atoms with E-state index in [1.807, 2.05) is 0 Å². The van der Waals surface area contributed by atoms with Crippen LogP contribution in [-0.4, -0.2) is 90.2 Å². The number of nitrogens with zero attached hydrogens (tertiary/aromatic N) is 5. The molecule has 4 aliphatic rings. The highest BCUT2D eigenvalue weighted by Crippen LogP contribution is 2.51. The summed E-state index contributed by atoms with van der Waals surface area (Å²) in [6, 6.07) is 6.71. The van der Waals surface area contributed by atoms with Crippen molar-refractivity contribution in [2.24, 2.45) is 11.3 Å². The van der Waals surface area contributed by atoms with Crippen molar-refractivity contribution < 1.29 is 28.1 Å². The summed E-state index contributed by atoms with van der Waals surface area (Å²) >= 11 is 0. The van der Waals surface area contributed by atoms with Crippen LogP contribution in [0.2, 0.25) is 0 Å². The fourth-order valence-corrected chi connectivity index (χ4v) is 9.15. The number of phenolic OH excluding ortho intramolecular Hbond substituents is 1. The lowest BCUT2D eigenvalue weighted by Gasteiger charge is -2.53. The minimum atomic E-state index is -0.724. The second kappa shape index (κ2) is 13.5. The number of hydrogen-bond acceptors (Lipinski definition) is 9. The number of methoxy groups -OCH3 is 1. The molecule has 0 unspecified atom stereocenters. The number of phenols is 1. The first-order valence-corrected chi connectivity index (χ1v) is 17.9. The quantitative estimate of drug-likeness (QED) is 0.210. The summed E-state index contributed by atoms with van der Waals surface area (Å²) < 4.78 is 49.6. The molecule has 4 fully saturated rings. The van der Waals surface area contributed by atoms with Crippen molar-refractivity contribution in [3.05, 3.63) is 47.7 Å². The Morgan fingerprint density at radius 2 is 1.94 bits per heavy atom. The number of aromatic hydroxyl groups is 1. The fourth-order valence-electron chi connectivity index (χ4n) is 9.15. The first-order valence-electron chi connectivity index (χ1n) is 17.9. The van der Waals surface area contributed by atoms with Gasteiger partial charge in [0.1, 0.15) is 28.6 Å².